The lowest BCUT2D eigenvalue weighted by Crippen LogP contribution is -1.92. The number of hydrogen-bond acceptors (Lipinski definition) is 5. The molecule has 0 spiro atoms. The van der Waals surface area contributed by atoms with E-state index < -0.39 is 0 Å². The van der Waals surface area contributed by atoms with Gasteiger partial charge in [0.2, 0.25) is 0 Å². The highest BCUT2D eigenvalue weighted by Crippen LogP contribution is 2.35. The van der Waals surface area contributed by atoms with Crippen LogP contribution in [0.1, 0.15) is 0 Å². The predicted molar refractivity (Wildman–Crippen MR) is 122 cm³/mol. The van der Waals surface area contributed by atoms with Crippen LogP contribution < -0.4 is 15.2 Å². The lowest BCUT2D eigenvalue weighted by atomic mass is 10.00. The molecule has 0 fully saturated rings. The van der Waals surface area contributed by atoms with Crippen molar-refractivity contribution in [2.45, 2.75) is 0 Å². The van der Waals surface area contributed by atoms with E-state index in [4.69, 9.17) is 20.2 Å². The Labute approximate surface area is 179 Å². The zero-order chi connectivity index (χ0) is 21.2. The summed E-state index contributed by atoms with van der Waals surface area (Å²) in [6, 6.07) is 27.4. The van der Waals surface area contributed by atoms with E-state index in [9.17, 15) is 0 Å². The number of nitrogen functional groups attached to an aromatic ring is 1. The molecule has 0 amide bonds. The van der Waals surface area contributed by atoms with Crippen molar-refractivity contribution in [3.8, 4) is 39.6 Å². The second-order valence-corrected chi connectivity index (χ2v) is 7.06. The molecular formula is C25H20N4O2. The van der Waals surface area contributed by atoms with Gasteiger partial charge < -0.3 is 15.2 Å². The van der Waals surface area contributed by atoms with E-state index in [0.29, 0.717) is 11.5 Å². The van der Waals surface area contributed by atoms with Crippen LogP contribution in [0.4, 0.5) is 5.82 Å². The molecule has 2 aromatic heterocycles. The minimum absolute atomic E-state index is 0.420. The van der Waals surface area contributed by atoms with Crippen LogP contribution in [0.2, 0.25) is 0 Å². The average Bonchev–Trinajstić information content (AvgIpc) is 3.20. The van der Waals surface area contributed by atoms with Crippen LogP contribution in [0.5, 0.6) is 17.2 Å². The number of H-pyrrole nitrogens is 1. The predicted octanol–water partition coefficient (Wildman–Crippen LogP) is 5.68. The zero-order valence-corrected chi connectivity index (χ0v) is 16.9. The van der Waals surface area contributed by atoms with E-state index in [1.807, 2.05) is 84.9 Å². The number of aromatic amines is 1. The maximum absolute atomic E-state index is 6.15. The lowest BCUT2D eigenvalue weighted by molar-refractivity contribution is 0.415. The Kier molecular flexibility index (Phi) is 4.72. The first-order valence-electron chi connectivity index (χ1n) is 9.83. The summed E-state index contributed by atoms with van der Waals surface area (Å²) >= 11 is 0. The summed E-state index contributed by atoms with van der Waals surface area (Å²) in [7, 11) is 1.65. The van der Waals surface area contributed by atoms with E-state index in [-0.39, 0.29) is 0 Å². The molecule has 0 radical (unpaired) electrons. The SMILES string of the molecule is COc1ccc(-c2cc(-c3ccc(Oc4ccccc4)cc3)c3c(N)n[nH]c3n2)cc1. The van der Waals surface area contributed by atoms with Gasteiger partial charge in [-0.2, -0.15) is 5.10 Å². The molecule has 0 aliphatic rings. The molecule has 0 atom stereocenters. The highest BCUT2D eigenvalue weighted by Gasteiger charge is 2.15. The van der Waals surface area contributed by atoms with Crippen LogP contribution in [0.25, 0.3) is 33.4 Å². The normalized spacial score (nSPS) is 10.9. The van der Waals surface area contributed by atoms with Crippen LogP contribution in [0, 0.1) is 0 Å². The van der Waals surface area contributed by atoms with Gasteiger partial charge >= 0.3 is 0 Å². The Balaban J connectivity index is 1.55. The maximum atomic E-state index is 6.15. The fraction of sp³-hybridized carbons (Fsp3) is 0.0400. The van der Waals surface area contributed by atoms with Gasteiger partial charge in [0.05, 0.1) is 18.2 Å². The van der Waals surface area contributed by atoms with Crippen molar-refractivity contribution in [1.29, 1.82) is 0 Å². The van der Waals surface area contributed by atoms with E-state index in [1.54, 1.807) is 7.11 Å². The number of rotatable bonds is 5. The highest BCUT2D eigenvalue weighted by atomic mass is 16.5. The Hall–Kier alpha value is -4.32. The monoisotopic (exact) mass is 408 g/mol. The number of fused-ring (bicyclic) bond motifs is 1. The topological polar surface area (TPSA) is 86.0 Å². The number of nitrogens with two attached hydrogens (primary N) is 1. The van der Waals surface area contributed by atoms with Crippen molar-refractivity contribution in [2.24, 2.45) is 0 Å². The summed E-state index contributed by atoms with van der Waals surface area (Å²) in [4.78, 5) is 4.72. The van der Waals surface area contributed by atoms with Crippen LogP contribution >= 0.6 is 0 Å². The van der Waals surface area contributed by atoms with Gasteiger partial charge in [0, 0.05) is 5.56 Å². The standard InChI is InChI=1S/C25H20N4O2/c1-30-18-11-9-17(10-12-18)22-15-21(23-24(26)28-29-25(23)27-22)16-7-13-20(14-8-16)31-19-5-3-2-4-6-19/h2-15H,1H3,(H3,26,27,28,29). The minimum Gasteiger partial charge on any atom is -0.497 e. The first-order chi connectivity index (χ1) is 15.2. The average molecular weight is 408 g/mol. The van der Waals surface area contributed by atoms with Crippen molar-refractivity contribution in [2.75, 3.05) is 12.8 Å². The molecule has 5 aromatic rings. The fourth-order valence-corrected chi connectivity index (χ4v) is 3.52. The smallest absolute Gasteiger partial charge is 0.158 e. The largest absolute Gasteiger partial charge is 0.497 e. The first-order valence-corrected chi connectivity index (χ1v) is 9.83. The third-order valence-corrected chi connectivity index (χ3v) is 5.09. The summed E-state index contributed by atoms with van der Waals surface area (Å²) in [5.41, 5.74) is 10.5. The van der Waals surface area contributed by atoms with Crippen molar-refractivity contribution < 1.29 is 9.47 Å². The first kappa shape index (κ1) is 18.7. The van der Waals surface area contributed by atoms with Crippen LogP contribution in [-0.4, -0.2) is 22.3 Å². The number of nitrogens with one attached hydrogen (secondary N) is 1. The summed E-state index contributed by atoms with van der Waals surface area (Å²) in [5, 5.41) is 7.90. The summed E-state index contributed by atoms with van der Waals surface area (Å²) in [6.45, 7) is 0. The van der Waals surface area contributed by atoms with Gasteiger partial charge in [-0.3, -0.25) is 5.10 Å². The van der Waals surface area contributed by atoms with Crippen LogP contribution in [0.3, 0.4) is 0 Å². The lowest BCUT2D eigenvalue weighted by Gasteiger charge is -2.10. The molecule has 0 bridgehead atoms. The Morgan fingerprint density at radius 1 is 0.774 bits per heavy atom. The molecule has 2 heterocycles. The second kappa shape index (κ2) is 7.84. The second-order valence-electron chi connectivity index (χ2n) is 7.06. The zero-order valence-electron chi connectivity index (χ0n) is 16.9. The third-order valence-electron chi connectivity index (χ3n) is 5.09. The van der Waals surface area contributed by atoms with Gasteiger partial charge in [-0.25, -0.2) is 4.98 Å². The molecule has 31 heavy (non-hydrogen) atoms. The van der Waals surface area contributed by atoms with Crippen molar-refractivity contribution >= 4 is 16.9 Å². The molecule has 3 N–H and O–H groups in total. The molecule has 0 aliphatic heterocycles. The Morgan fingerprint density at radius 3 is 2.13 bits per heavy atom. The number of ether oxygens (including phenoxy) is 2. The summed E-state index contributed by atoms with van der Waals surface area (Å²) < 4.78 is 11.2. The maximum Gasteiger partial charge on any atom is 0.158 e. The van der Waals surface area contributed by atoms with E-state index >= 15 is 0 Å². The quantitative estimate of drug-likeness (QED) is 0.391. The van der Waals surface area contributed by atoms with Crippen molar-refractivity contribution in [3.05, 3.63) is 84.9 Å². The molecule has 0 saturated carbocycles. The molecule has 6 heteroatoms. The number of methoxy groups -OCH3 is 1. The third kappa shape index (κ3) is 3.67. The number of benzene rings is 3. The molecule has 0 saturated heterocycles. The van der Waals surface area contributed by atoms with Crippen LogP contribution in [0.15, 0.2) is 84.9 Å². The number of para-hydroxylation sites is 1. The van der Waals surface area contributed by atoms with Crippen LogP contribution in [-0.2, 0) is 0 Å². The van der Waals surface area contributed by atoms with Gasteiger partial charge in [-0.05, 0) is 65.7 Å². The molecule has 0 unspecified atom stereocenters. The van der Waals surface area contributed by atoms with Gasteiger partial charge in [0.25, 0.3) is 0 Å². The molecule has 6 nitrogen and oxygen atoms in total. The van der Waals surface area contributed by atoms with E-state index in [2.05, 4.69) is 10.2 Å². The number of anilines is 1. The number of pyridine rings is 1. The minimum atomic E-state index is 0.420. The molecule has 152 valence electrons. The number of nitrogens with zero attached hydrogens (tertiary/aromatic N) is 2. The van der Waals surface area contributed by atoms with E-state index in [1.165, 1.54) is 0 Å². The van der Waals surface area contributed by atoms with Gasteiger partial charge in [-0.1, -0.05) is 30.3 Å². The number of hydrogen-bond donors (Lipinski definition) is 2. The van der Waals surface area contributed by atoms with Crippen molar-refractivity contribution in [3.63, 3.8) is 0 Å². The summed E-state index contributed by atoms with van der Waals surface area (Å²) in [5.74, 6) is 2.77. The Bertz CT molecular complexity index is 1330. The fourth-order valence-electron chi connectivity index (χ4n) is 3.52. The van der Waals surface area contributed by atoms with E-state index in [0.717, 1.165) is 45.0 Å². The summed E-state index contributed by atoms with van der Waals surface area (Å²) in [6.07, 6.45) is 0. The number of aromatic nitrogens is 3. The van der Waals surface area contributed by atoms with Gasteiger partial charge in [0.1, 0.15) is 17.2 Å². The molecular weight excluding hydrogens is 388 g/mol. The molecule has 0 aliphatic carbocycles. The highest BCUT2D eigenvalue weighted by molar-refractivity contribution is 6.01. The van der Waals surface area contributed by atoms with Gasteiger partial charge in [0.15, 0.2) is 11.5 Å². The van der Waals surface area contributed by atoms with Gasteiger partial charge in [-0.15, -0.1) is 0 Å². The Morgan fingerprint density at radius 2 is 1.42 bits per heavy atom. The molecule has 5 rings (SSSR count). The molecule has 3 aromatic carbocycles. The van der Waals surface area contributed by atoms with Crippen molar-refractivity contribution in [1.82, 2.24) is 15.2 Å².